The smallest absolute Gasteiger partial charge is 0.249 e. The number of nitrogens with zero attached hydrogens (tertiary/aromatic N) is 3. The number of benzene rings is 1. The van der Waals surface area contributed by atoms with E-state index in [-0.39, 0.29) is 29.7 Å². The van der Waals surface area contributed by atoms with E-state index < -0.39 is 0 Å². The van der Waals surface area contributed by atoms with Crippen LogP contribution in [0.4, 0.5) is 5.69 Å². The first-order valence-corrected chi connectivity index (χ1v) is 9.27. The predicted octanol–water partition coefficient (Wildman–Crippen LogP) is 2.84. The van der Waals surface area contributed by atoms with Crippen LogP contribution in [0.25, 0.3) is 0 Å². The molecule has 0 spiro atoms. The zero-order valence-electron chi connectivity index (χ0n) is 14.9. The minimum atomic E-state index is -0.345. The molecular formula is C21H23N3O2. The summed E-state index contributed by atoms with van der Waals surface area (Å²) in [6, 6.07) is 13.3. The van der Waals surface area contributed by atoms with E-state index in [9.17, 15) is 9.59 Å². The minimum Gasteiger partial charge on any atom is -0.331 e. The summed E-state index contributed by atoms with van der Waals surface area (Å²) < 4.78 is 0. The van der Waals surface area contributed by atoms with Crippen LogP contribution in [0.1, 0.15) is 31.2 Å². The number of carbonyl (C=O) groups excluding carboxylic acids is 2. The van der Waals surface area contributed by atoms with Crippen LogP contribution in [0.15, 0.2) is 54.9 Å². The van der Waals surface area contributed by atoms with Crippen molar-refractivity contribution in [3.63, 3.8) is 0 Å². The second kappa shape index (κ2) is 6.90. The van der Waals surface area contributed by atoms with Gasteiger partial charge in [0, 0.05) is 37.1 Å². The summed E-state index contributed by atoms with van der Waals surface area (Å²) in [4.78, 5) is 33.7. The molecule has 2 heterocycles. The molecule has 4 rings (SSSR count). The molecule has 1 aliphatic carbocycles. The quantitative estimate of drug-likeness (QED) is 0.834. The lowest BCUT2D eigenvalue weighted by atomic mass is 10.1. The lowest BCUT2D eigenvalue weighted by Crippen LogP contribution is -2.46. The number of hydrogen-bond acceptors (Lipinski definition) is 3. The molecule has 0 unspecified atom stereocenters. The highest BCUT2D eigenvalue weighted by atomic mass is 16.2. The van der Waals surface area contributed by atoms with Crippen LogP contribution < -0.4 is 4.90 Å². The number of amides is 2. The van der Waals surface area contributed by atoms with E-state index in [1.165, 1.54) is 0 Å². The number of aromatic nitrogens is 1. The Morgan fingerprint density at radius 3 is 2.73 bits per heavy atom. The van der Waals surface area contributed by atoms with Crippen molar-refractivity contribution < 1.29 is 9.59 Å². The summed E-state index contributed by atoms with van der Waals surface area (Å²) in [5, 5.41) is 0. The largest absolute Gasteiger partial charge is 0.331 e. The Kier molecular flexibility index (Phi) is 4.45. The molecule has 1 saturated carbocycles. The molecule has 3 atom stereocenters. The van der Waals surface area contributed by atoms with Crippen LogP contribution in [0.3, 0.4) is 0 Å². The van der Waals surface area contributed by atoms with E-state index in [0.717, 1.165) is 17.7 Å². The summed E-state index contributed by atoms with van der Waals surface area (Å²) in [5.41, 5.74) is 2.02. The Balaban J connectivity index is 1.46. The fraction of sp³-hybridized carbons (Fsp3) is 0.381. The molecule has 5 heteroatoms. The Morgan fingerprint density at radius 2 is 2.04 bits per heavy atom. The molecule has 5 nitrogen and oxygen atoms in total. The van der Waals surface area contributed by atoms with Gasteiger partial charge in [-0.2, -0.15) is 0 Å². The Bertz CT molecular complexity index is 793. The lowest BCUT2D eigenvalue weighted by molar-refractivity contribution is -0.139. The highest BCUT2D eigenvalue weighted by Gasteiger charge is 2.48. The van der Waals surface area contributed by atoms with Crippen molar-refractivity contribution in [2.45, 2.75) is 31.7 Å². The average Bonchev–Trinajstić information content (AvgIpc) is 3.41. The van der Waals surface area contributed by atoms with E-state index in [0.29, 0.717) is 19.5 Å². The van der Waals surface area contributed by atoms with Crippen LogP contribution in [0, 0.1) is 5.92 Å². The number of likely N-dealkylation sites (N-methyl/N-ethyl adjacent to an activating group) is 1. The maximum atomic E-state index is 13.0. The first-order chi connectivity index (χ1) is 12.7. The minimum absolute atomic E-state index is 0.0160. The van der Waals surface area contributed by atoms with Gasteiger partial charge in [-0.1, -0.05) is 24.3 Å². The van der Waals surface area contributed by atoms with Gasteiger partial charge in [-0.05, 0) is 49.4 Å². The van der Waals surface area contributed by atoms with E-state index in [1.807, 2.05) is 55.6 Å². The predicted molar refractivity (Wildman–Crippen MR) is 99.7 cm³/mol. The number of carbonyl (C=O) groups is 2. The van der Waals surface area contributed by atoms with Crippen molar-refractivity contribution in [2.24, 2.45) is 5.92 Å². The van der Waals surface area contributed by atoms with Crippen LogP contribution in [-0.2, 0) is 9.59 Å². The zero-order chi connectivity index (χ0) is 18.1. The highest BCUT2D eigenvalue weighted by molar-refractivity contribution is 6.01. The van der Waals surface area contributed by atoms with Crippen molar-refractivity contribution in [1.82, 2.24) is 9.88 Å². The molecule has 0 radical (unpaired) electrons. The van der Waals surface area contributed by atoms with Gasteiger partial charge in [-0.25, -0.2) is 0 Å². The molecule has 1 aromatic heterocycles. The van der Waals surface area contributed by atoms with Crippen molar-refractivity contribution in [2.75, 3.05) is 18.0 Å². The van der Waals surface area contributed by atoms with E-state index >= 15 is 0 Å². The average molecular weight is 349 g/mol. The van der Waals surface area contributed by atoms with Gasteiger partial charge in [0.2, 0.25) is 11.8 Å². The van der Waals surface area contributed by atoms with Crippen molar-refractivity contribution >= 4 is 17.5 Å². The Labute approximate surface area is 153 Å². The first-order valence-electron chi connectivity index (χ1n) is 9.27. The fourth-order valence-corrected chi connectivity index (χ4v) is 3.99. The normalized spacial score (nSPS) is 24.6. The van der Waals surface area contributed by atoms with Crippen LogP contribution in [0.2, 0.25) is 0 Å². The number of hydrogen-bond donors (Lipinski definition) is 0. The molecule has 1 aliphatic heterocycles. The van der Waals surface area contributed by atoms with Crippen LogP contribution >= 0.6 is 0 Å². The van der Waals surface area contributed by atoms with Gasteiger partial charge < -0.3 is 9.80 Å². The Hall–Kier alpha value is -2.69. The van der Waals surface area contributed by atoms with Gasteiger partial charge >= 0.3 is 0 Å². The zero-order valence-corrected chi connectivity index (χ0v) is 14.9. The monoisotopic (exact) mass is 349 g/mol. The molecule has 0 N–H and O–H groups in total. The number of pyridine rings is 1. The van der Waals surface area contributed by atoms with Gasteiger partial charge in [0.1, 0.15) is 6.04 Å². The van der Waals surface area contributed by atoms with Gasteiger partial charge in [-0.15, -0.1) is 0 Å². The van der Waals surface area contributed by atoms with Crippen LogP contribution in [-0.4, -0.2) is 40.8 Å². The van der Waals surface area contributed by atoms with Crippen molar-refractivity contribution in [3.05, 3.63) is 60.4 Å². The van der Waals surface area contributed by atoms with Gasteiger partial charge in [0.25, 0.3) is 0 Å². The summed E-state index contributed by atoms with van der Waals surface area (Å²) in [6.07, 6.45) is 5.13. The van der Waals surface area contributed by atoms with E-state index in [4.69, 9.17) is 0 Å². The molecule has 2 amide bonds. The molecule has 1 saturated heterocycles. The third-order valence-corrected chi connectivity index (χ3v) is 5.47. The van der Waals surface area contributed by atoms with Crippen LogP contribution in [0.5, 0.6) is 0 Å². The van der Waals surface area contributed by atoms with Crippen molar-refractivity contribution in [1.29, 1.82) is 0 Å². The number of para-hydroxylation sites is 1. The number of anilines is 1. The lowest BCUT2D eigenvalue weighted by Gasteiger charge is -2.27. The van der Waals surface area contributed by atoms with Gasteiger partial charge in [-0.3, -0.25) is 14.6 Å². The summed E-state index contributed by atoms with van der Waals surface area (Å²) in [5.74, 6) is 0.365. The third-order valence-electron chi connectivity index (χ3n) is 5.47. The third kappa shape index (κ3) is 2.98. The second-order valence-electron chi connectivity index (χ2n) is 6.99. The Morgan fingerprint density at radius 1 is 1.23 bits per heavy atom. The molecule has 0 bridgehead atoms. The molecule has 2 aliphatic rings. The first kappa shape index (κ1) is 16.8. The molecule has 26 heavy (non-hydrogen) atoms. The molecule has 1 aromatic carbocycles. The standard InChI is InChI=1S/C21H23N3O2/c1-2-23(20(25)18-13-17(18)15-7-6-11-22-14-15)19-10-12-24(21(19)26)16-8-4-3-5-9-16/h3-9,11,14,17-19H,2,10,12-13H2,1H3/t17-,18-,19-/m1/s1. The second-order valence-corrected chi connectivity index (χ2v) is 6.99. The summed E-state index contributed by atoms with van der Waals surface area (Å²) in [7, 11) is 0. The molecule has 134 valence electrons. The molecule has 2 fully saturated rings. The van der Waals surface area contributed by atoms with Gasteiger partial charge in [0.05, 0.1) is 0 Å². The fourth-order valence-electron chi connectivity index (χ4n) is 3.99. The number of rotatable bonds is 5. The maximum Gasteiger partial charge on any atom is 0.249 e. The summed E-state index contributed by atoms with van der Waals surface area (Å²) in [6.45, 7) is 3.18. The molecular weight excluding hydrogens is 326 g/mol. The topological polar surface area (TPSA) is 53.5 Å². The SMILES string of the molecule is CCN(C(=O)[C@@H]1C[C@@H]1c1cccnc1)[C@@H]1CCN(c2ccccc2)C1=O. The van der Waals surface area contributed by atoms with E-state index in [2.05, 4.69) is 4.98 Å². The van der Waals surface area contributed by atoms with Crippen molar-refractivity contribution in [3.8, 4) is 0 Å². The highest BCUT2D eigenvalue weighted by Crippen LogP contribution is 2.48. The molecule has 2 aromatic rings. The van der Waals surface area contributed by atoms with Gasteiger partial charge in [0.15, 0.2) is 0 Å². The van der Waals surface area contributed by atoms with E-state index in [1.54, 1.807) is 16.0 Å². The maximum absolute atomic E-state index is 13.0. The summed E-state index contributed by atoms with van der Waals surface area (Å²) >= 11 is 0.